The first-order valence-electron chi connectivity index (χ1n) is 7.74. The molecule has 0 bridgehead atoms. The molecule has 0 aliphatic heterocycles. The highest BCUT2D eigenvalue weighted by Gasteiger charge is 2.21. The molecule has 24 heavy (non-hydrogen) atoms. The van der Waals surface area contributed by atoms with Crippen LogP contribution in [-0.2, 0) is 9.53 Å². The van der Waals surface area contributed by atoms with E-state index < -0.39 is 12.0 Å². The number of carbonyl (C=O) groups is 1. The summed E-state index contributed by atoms with van der Waals surface area (Å²) in [6.07, 6.45) is 1.19. The highest BCUT2D eigenvalue weighted by Crippen LogP contribution is 2.30. The molecular weight excluding hydrogens is 324 g/mol. The average molecular weight is 342 g/mol. The van der Waals surface area contributed by atoms with Crippen LogP contribution in [0.1, 0.15) is 26.8 Å². The normalized spacial score (nSPS) is 12.5. The minimum Gasteiger partial charge on any atom is -0.461 e. The van der Waals surface area contributed by atoms with Crippen molar-refractivity contribution in [3.8, 4) is 10.4 Å². The number of fused-ring (bicyclic) bond motifs is 1. The van der Waals surface area contributed by atoms with Crippen molar-refractivity contribution in [3.05, 3.63) is 53.1 Å². The minimum atomic E-state index is -0.711. The van der Waals surface area contributed by atoms with Gasteiger partial charge in [-0.1, -0.05) is 30.3 Å². The Balaban J connectivity index is 2.02. The third kappa shape index (κ3) is 3.10. The largest absolute Gasteiger partial charge is 0.461 e. The van der Waals surface area contributed by atoms with Gasteiger partial charge in [-0.2, -0.15) is 0 Å². The quantitative estimate of drug-likeness (QED) is 0.679. The molecule has 2 heterocycles. The first-order valence-corrected chi connectivity index (χ1v) is 8.55. The number of hydrogen-bond donors (Lipinski definition) is 0. The van der Waals surface area contributed by atoms with Gasteiger partial charge in [0.05, 0.1) is 17.8 Å². The number of carbonyl (C=O) groups excluding carboxylic acids is 1. The minimum absolute atomic E-state index is 0.224. The maximum atomic E-state index is 12.7. The van der Waals surface area contributed by atoms with Crippen LogP contribution in [0.3, 0.4) is 0 Å². The molecule has 6 heteroatoms. The SMILES string of the molecule is CC(C)OC(=O)[C@@H](C)n1cnc2sc(-c3ccccc3)cc2c1=O. The van der Waals surface area contributed by atoms with Gasteiger partial charge in [-0.15, -0.1) is 11.3 Å². The molecule has 0 saturated heterocycles. The van der Waals surface area contributed by atoms with Crippen molar-refractivity contribution in [1.82, 2.24) is 9.55 Å². The number of rotatable bonds is 4. The second kappa shape index (κ2) is 6.57. The van der Waals surface area contributed by atoms with Gasteiger partial charge in [0.25, 0.3) is 5.56 Å². The highest BCUT2D eigenvalue weighted by molar-refractivity contribution is 7.21. The van der Waals surface area contributed by atoms with Crippen LogP contribution in [0.2, 0.25) is 0 Å². The van der Waals surface area contributed by atoms with Gasteiger partial charge >= 0.3 is 5.97 Å². The molecule has 0 saturated carbocycles. The van der Waals surface area contributed by atoms with Crippen molar-refractivity contribution in [1.29, 1.82) is 0 Å². The first-order chi connectivity index (χ1) is 11.5. The fraction of sp³-hybridized carbons (Fsp3) is 0.278. The molecule has 3 rings (SSSR count). The van der Waals surface area contributed by atoms with E-state index >= 15 is 0 Å². The number of hydrogen-bond acceptors (Lipinski definition) is 5. The van der Waals surface area contributed by atoms with Crippen molar-refractivity contribution in [3.63, 3.8) is 0 Å². The molecule has 1 aromatic carbocycles. The number of thiophene rings is 1. The molecule has 0 amide bonds. The summed E-state index contributed by atoms with van der Waals surface area (Å²) >= 11 is 1.46. The Hall–Kier alpha value is -2.47. The lowest BCUT2D eigenvalue weighted by Gasteiger charge is -2.15. The predicted octanol–water partition coefficient (Wildman–Crippen LogP) is 3.64. The molecule has 0 aliphatic carbocycles. The molecule has 2 aromatic heterocycles. The standard InChI is InChI=1S/C18H18N2O3S/c1-11(2)23-18(22)12(3)20-10-19-16-14(17(20)21)9-15(24-16)13-7-5-4-6-8-13/h4-12H,1-3H3/t12-/m1/s1. The smallest absolute Gasteiger partial charge is 0.329 e. The van der Waals surface area contributed by atoms with Crippen LogP contribution < -0.4 is 5.56 Å². The van der Waals surface area contributed by atoms with Gasteiger partial charge in [-0.05, 0) is 32.4 Å². The Kier molecular flexibility index (Phi) is 4.49. The lowest BCUT2D eigenvalue weighted by Crippen LogP contribution is -2.30. The van der Waals surface area contributed by atoms with E-state index in [-0.39, 0.29) is 11.7 Å². The summed E-state index contributed by atoms with van der Waals surface area (Å²) in [5.74, 6) is -0.438. The van der Waals surface area contributed by atoms with Gasteiger partial charge in [-0.3, -0.25) is 9.36 Å². The molecule has 0 aliphatic rings. The van der Waals surface area contributed by atoms with E-state index in [1.54, 1.807) is 20.8 Å². The number of esters is 1. The highest BCUT2D eigenvalue weighted by atomic mass is 32.1. The third-order valence-corrected chi connectivity index (χ3v) is 4.74. The van der Waals surface area contributed by atoms with Gasteiger partial charge in [0.2, 0.25) is 0 Å². The second-order valence-corrected chi connectivity index (χ2v) is 6.84. The van der Waals surface area contributed by atoms with Gasteiger partial charge in [-0.25, -0.2) is 9.78 Å². The summed E-state index contributed by atoms with van der Waals surface area (Å²) in [6, 6.07) is 11.0. The monoisotopic (exact) mass is 342 g/mol. The second-order valence-electron chi connectivity index (χ2n) is 5.81. The van der Waals surface area contributed by atoms with E-state index in [1.165, 1.54) is 22.2 Å². The predicted molar refractivity (Wildman–Crippen MR) is 95.3 cm³/mol. The maximum Gasteiger partial charge on any atom is 0.329 e. The molecule has 0 N–H and O–H groups in total. The zero-order valence-electron chi connectivity index (χ0n) is 13.7. The van der Waals surface area contributed by atoms with E-state index in [0.717, 1.165) is 10.4 Å². The fourth-order valence-corrected chi connectivity index (χ4v) is 3.40. The van der Waals surface area contributed by atoms with E-state index in [0.29, 0.717) is 10.2 Å². The fourth-order valence-electron chi connectivity index (χ4n) is 2.40. The van der Waals surface area contributed by atoms with Crippen LogP contribution in [0.4, 0.5) is 0 Å². The molecule has 0 unspecified atom stereocenters. The molecule has 0 spiro atoms. The summed E-state index contributed by atoms with van der Waals surface area (Å²) in [4.78, 5) is 30.8. The Morgan fingerprint density at radius 1 is 1.21 bits per heavy atom. The van der Waals surface area contributed by atoms with E-state index in [2.05, 4.69) is 4.98 Å². The van der Waals surface area contributed by atoms with Crippen molar-refractivity contribution < 1.29 is 9.53 Å². The number of nitrogens with zero attached hydrogens (tertiary/aromatic N) is 2. The Morgan fingerprint density at radius 2 is 1.92 bits per heavy atom. The molecule has 5 nitrogen and oxygen atoms in total. The Bertz CT molecular complexity index is 928. The summed E-state index contributed by atoms with van der Waals surface area (Å²) in [7, 11) is 0. The van der Waals surface area contributed by atoms with Crippen molar-refractivity contribution in [2.45, 2.75) is 32.9 Å². The lowest BCUT2D eigenvalue weighted by atomic mass is 10.2. The number of ether oxygens (including phenoxy) is 1. The zero-order chi connectivity index (χ0) is 17.3. The summed E-state index contributed by atoms with van der Waals surface area (Å²) in [6.45, 7) is 5.20. The summed E-state index contributed by atoms with van der Waals surface area (Å²) in [5, 5.41) is 0.519. The molecule has 3 aromatic rings. The molecule has 0 radical (unpaired) electrons. The van der Waals surface area contributed by atoms with Gasteiger partial charge in [0.15, 0.2) is 0 Å². The van der Waals surface area contributed by atoms with Crippen LogP contribution in [0.5, 0.6) is 0 Å². The van der Waals surface area contributed by atoms with Crippen molar-refractivity contribution in [2.24, 2.45) is 0 Å². The van der Waals surface area contributed by atoms with Gasteiger partial charge in [0, 0.05) is 4.88 Å². The first kappa shape index (κ1) is 16.4. The van der Waals surface area contributed by atoms with E-state index in [1.807, 2.05) is 36.4 Å². The lowest BCUT2D eigenvalue weighted by molar-refractivity contribution is -0.151. The number of benzene rings is 1. The summed E-state index contributed by atoms with van der Waals surface area (Å²) in [5.41, 5.74) is 0.811. The van der Waals surface area contributed by atoms with Crippen molar-refractivity contribution in [2.75, 3.05) is 0 Å². The van der Waals surface area contributed by atoms with Crippen LogP contribution in [0.25, 0.3) is 20.7 Å². The molecule has 1 atom stereocenters. The zero-order valence-corrected chi connectivity index (χ0v) is 14.5. The average Bonchev–Trinajstić information content (AvgIpc) is 3.00. The summed E-state index contributed by atoms with van der Waals surface area (Å²) < 4.78 is 6.51. The Morgan fingerprint density at radius 3 is 2.58 bits per heavy atom. The van der Waals surface area contributed by atoms with E-state index in [9.17, 15) is 9.59 Å². The topological polar surface area (TPSA) is 61.2 Å². The van der Waals surface area contributed by atoms with Crippen molar-refractivity contribution >= 4 is 27.5 Å². The third-order valence-electron chi connectivity index (χ3n) is 3.65. The Labute approximate surface area is 143 Å². The molecular formula is C18H18N2O3S. The maximum absolute atomic E-state index is 12.7. The van der Waals surface area contributed by atoms with Crippen LogP contribution >= 0.6 is 11.3 Å². The van der Waals surface area contributed by atoms with Crippen LogP contribution in [0, 0.1) is 0 Å². The van der Waals surface area contributed by atoms with Crippen LogP contribution in [-0.4, -0.2) is 21.6 Å². The van der Waals surface area contributed by atoms with Gasteiger partial charge < -0.3 is 4.74 Å². The number of aromatic nitrogens is 2. The van der Waals surface area contributed by atoms with Crippen LogP contribution in [0.15, 0.2) is 47.5 Å². The van der Waals surface area contributed by atoms with Gasteiger partial charge in [0.1, 0.15) is 10.9 Å². The molecule has 124 valence electrons. The van der Waals surface area contributed by atoms with E-state index in [4.69, 9.17) is 4.74 Å². The molecule has 0 fully saturated rings.